The highest BCUT2D eigenvalue weighted by Gasteiger charge is 2.03. The van der Waals surface area contributed by atoms with Crippen LogP contribution in [0.15, 0.2) is 60.8 Å². The molecule has 0 saturated carbocycles. The number of nitrogens with zero attached hydrogens (tertiary/aromatic N) is 3. The van der Waals surface area contributed by atoms with Crippen molar-refractivity contribution in [2.45, 2.75) is 13.5 Å². The highest BCUT2D eigenvalue weighted by Crippen LogP contribution is 2.13. The number of aromatic nitrogens is 3. The van der Waals surface area contributed by atoms with Crippen molar-refractivity contribution in [3.63, 3.8) is 0 Å². The van der Waals surface area contributed by atoms with Crippen molar-refractivity contribution < 1.29 is 4.74 Å². The maximum Gasteiger partial charge on any atom is 0.134 e. The van der Waals surface area contributed by atoms with Gasteiger partial charge in [-0.3, -0.25) is 0 Å². The summed E-state index contributed by atoms with van der Waals surface area (Å²) in [5.74, 6) is 0.838. The molecule has 0 aliphatic rings. The number of rotatable bonds is 4. The maximum absolute atomic E-state index is 5.68. The summed E-state index contributed by atoms with van der Waals surface area (Å²) in [6.07, 6.45) is 1.88. The van der Waals surface area contributed by atoms with Crippen LogP contribution >= 0.6 is 0 Å². The Hall–Kier alpha value is -2.62. The lowest BCUT2D eigenvalue weighted by molar-refractivity contribution is 0.301. The van der Waals surface area contributed by atoms with Crippen LogP contribution in [0.25, 0.3) is 5.69 Å². The summed E-state index contributed by atoms with van der Waals surface area (Å²) < 4.78 is 7.42. The molecule has 0 bridgehead atoms. The van der Waals surface area contributed by atoms with Gasteiger partial charge in [0.25, 0.3) is 0 Å². The van der Waals surface area contributed by atoms with Crippen LogP contribution < -0.4 is 4.74 Å². The van der Waals surface area contributed by atoms with Crippen LogP contribution in [0.2, 0.25) is 0 Å². The Morgan fingerprint density at radius 3 is 2.50 bits per heavy atom. The fourth-order valence-corrected chi connectivity index (χ4v) is 1.86. The van der Waals surface area contributed by atoms with Crippen LogP contribution in [-0.4, -0.2) is 15.0 Å². The Kier molecular flexibility index (Phi) is 3.46. The lowest BCUT2D eigenvalue weighted by atomic mass is 10.2. The Bertz CT molecular complexity index is 674. The van der Waals surface area contributed by atoms with E-state index < -0.39 is 0 Å². The Morgan fingerprint density at radius 2 is 1.75 bits per heavy atom. The number of hydrogen-bond acceptors (Lipinski definition) is 3. The molecule has 0 radical (unpaired) electrons. The predicted octanol–water partition coefficient (Wildman–Crippen LogP) is 3.15. The van der Waals surface area contributed by atoms with E-state index in [2.05, 4.69) is 17.2 Å². The van der Waals surface area contributed by atoms with Crippen molar-refractivity contribution in [1.29, 1.82) is 0 Å². The SMILES string of the molecule is Cc1ccc(OCc2cn(-c3ccccc3)nn2)cc1. The number of hydrogen-bond donors (Lipinski definition) is 0. The third-order valence-corrected chi connectivity index (χ3v) is 2.97. The van der Waals surface area contributed by atoms with E-state index in [1.54, 1.807) is 4.68 Å². The van der Waals surface area contributed by atoms with Gasteiger partial charge < -0.3 is 4.74 Å². The lowest BCUT2D eigenvalue weighted by Crippen LogP contribution is -1.95. The molecule has 0 unspecified atom stereocenters. The molecular weight excluding hydrogens is 250 g/mol. The Morgan fingerprint density at radius 1 is 1.00 bits per heavy atom. The van der Waals surface area contributed by atoms with Crippen molar-refractivity contribution in [2.75, 3.05) is 0 Å². The Labute approximate surface area is 117 Å². The average Bonchev–Trinajstić information content (AvgIpc) is 2.97. The molecule has 1 aromatic heterocycles. The van der Waals surface area contributed by atoms with Crippen LogP contribution in [0.1, 0.15) is 11.3 Å². The van der Waals surface area contributed by atoms with E-state index >= 15 is 0 Å². The third kappa shape index (κ3) is 2.85. The highest BCUT2D eigenvalue weighted by atomic mass is 16.5. The first-order valence-corrected chi connectivity index (χ1v) is 6.47. The number of benzene rings is 2. The van der Waals surface area contributed by atoms with Gasteiger partial charge in [-0.1, -0.05) is 41.1 Å². The second-order valence-corrected chi connectivity index (χ2v) is 4.59. The van der Waals surface area contributed by atoms with Crippen molar-refractivity contribution in [3.05, 3.63) is 72.1 Å². The third-order valence-electron chi connectivity index (χ3n) is 2.97. The van der Waals surface area contributed by atoms with E-state index in [1.165, 1.54) is 5.56 Å². The number of ether oxygens (including phenoxy) is 1. The summed E-state index contributed by atoms with van der Waals surface area (Å²) in [6.45, 7) is 2.46. The second kappa shape index (κ2) is 5.57. The summed E-state index contributed by atoms with van der Waals surface area (Å²) in [4.78, 5) is 0. The predicted molar refractivity (Wildman–Crippen MR) is 76.9 cm³/mol. The van der Waals surface area contributed by atoms with Gasteiger partial charge in [0.1, 0.15) is 18.1 Å². The molecule has 0 atom stereocenters. The minimum absolute atomic E-state index is 0.413. The van der Waals surface area contributed by atoms with E-state index in [9.17, 15) is 0 Å². The second-order valence-electron chi connectivity index (χ2n) is 4.59. The molecule has 2 aromatic carbocycles. The molecule has 0 fully saturated rings. The van der Waals surface area contributed by atoms with Gasteiger partial charge in [-0.05, 0) is 31.2 Å². The van der Waals surface area contributed by atoms with Gasteiger partial charge in [-0.15, -0.1) is 5.10 Å². The van der Waals surface area contributed by atoms with Crippen molar-refractivity contribution >= 4 is 0 Å². The van der Waals surface area contributed by atoms with Crippen molar-refractivity contribution in [3.8, 4) is 11.4 Å². The van der Waals surface area contributed by atoms with Crippen LogP contribution in [0, 0.1) is 6.92 Å². The first kappa shape index (κ1) is 12.4. The Balaban J connectivity index is 1.67. The topological polar surface area (TPSA) is 39.9 Å². The summed E-state index contributed by atoms with van der Waals surface area (Å²) >= 11 is 0. The van der Waals surface area contributed by atoms with Crippen molar-refractivity contribution in [1.82, 2.24) is 15.0 Å². The van der Waals surface area contributed by atoms with Gasteiger partial charge in [-0.25, -0.2) is 4.68 Å². The minimum Gasteiger partial charge on any atom is -0.487 e. The standard InChI is InChI=1S/C16H15N3O/c1-13-7-9-16(10-8-13)20-12-14-11-19(18-17-14)15-5-3-2-4-6-15/h2-11H,12H2,1H3. The fourth-order valence-electron chi connectivity index (χ4n) is 1.86. The smallest absolute Gasteiger partial charge is 0.134 e. The van der Waals surface area contributed by atoms with Crippen LogP contribution in [0.5, 0.6) is 5.75 Å². The zero-order valence-electron chi connectivity index (χ0n) is 11.2. The molecule has 0 spiro atoms. The summed E-state index contributed by atoms with van der Waals surface area (Å²) in [5, 5.41) is 8.21. The van der Waals surface area contributed by atoms with E-state index in [-0.39, 0.29) is 0 Å². The first-order chi connectivity index (χ1) is 9.81. The van der Waals surface area contributed by atoms with E-state index in [4.69, 9.17) is 4.74 Å². The molecule has 1 heterocycles. The molecule has 0 aliphatic carbocycles. The molecule has 0 amide bonds. The zero-order valence-corrected chi connectivity index (χ0v) is 11.2. The zero-order chi connectivity index (χ0) is 13.8. The van der Waals surface area contributed by atoms with Crippen LogP contribution in [0.4, 0.5) is 0 Å². The molecule has 0 aliphatic heterocycles. The quantitative estimate of drug-likeness (QED) is 0.727. The molecule has 0 N–H and O–H groups in total. The molecule has 3 aromatic rings. The number of aryl methyl sites for hydroxylation is 1. The fraction of sp³-hybridized carbons (Fsp3) is 0.125. The molecule has 4 nitrogen and oxygen atoms in total. The van der Waals surface area contributed by atoms with Gasteiger partial charge in [-0.2, -0.15) is 0 Å². The monoisotopic (exact) mass is 265 g/mol. The first-order valence-electron chi connectivity index (χ1n) is 6.47. The summed E-state index contributed by atoms with van der Waals surface area (Å²) in [7, 11) is 0. The molecule has 100 valence electrons. The molecule has 3 rings (SSSR count). The van der Waals surface area contributed by atoms with Gasteiger partial charge in [0.05, 0.1) is 11.9 Å². The number of para-hydroxylation sites is 1. The van der Waals surface area contributed by atoms with Crippen LogP contribution in [0.3, 0.4) is 0 Å². The van der Waals surface area contributed by atoms with Crippen LogP contribution in [-0.2, 0) is 6.61 Å². The van der Waals surface area contributed by atoms with Crippen molar-refractivity contribution in [2.24, 2.45) is 0 Å². The van der Waals surface area contributed by atoms with Gasteiger partial charge in [0.15, 0.2) is 0 Å². The molecule has 20 heavy (non-hydrogen) atoms. The van der Waals surface area contributed by atoms with Gasteiger partial charge in [0, 0.05) is 0 Å². The van der Waals surface area contributed by atoms with E-state index in [0.717, 1.165) is 17.1 Å². The normalized spacial score (nSPS) is 10.4. The van der Waals surface area contributed by atoms with E-state index in [1.807, 2.05) is 60.8 Å². The minimum atomic E-state index is 0.413. The summed E-state index contributed by atoms with van der Waals surface area (Å²) in [6, 6.07) is 17.8. The highest BCUT2D eigenvalue weighted by molar-refractivity contribution is 5.30. The largest absolute Gasteiger partial charge is 0.487 e. The molecule has 4 heteroatoms. The molecular formula is C16H15N3O. The van der Waals surface area contributed by atoms with Gasteiger partial charge >= 0.3 is 0 Å². The average molecular weight is 265 g/mol. The lowest BCUT2D eigenvalue weighted by Gasteiger charge is -2.03. The maximum atomic E-state index is 5.68. The molecule has 0 saturated heterocycles. The summed E-state index contributed by atoms with van der Waals surface area (Å²) in [5.41, 5.74) is 3.00. The van der Waals surface area contributed by atoms with Gasteiger partial charge in [0.2, 0.25) is 0 Å². The van der Waals surface area contributed by atoms with E-state index in [0.29, 0.717) is 6.61 Å².